The minimum atomic E-state index is -0.325. The molecule has 1 aromatic carbocycles. The third-order valence-corrected chi connectivity index (χ3v) is 3.15. The Labute approximate surface area is 95.0 Å². The van der Waals surface area contributed by atoms with Crippen molar-refractivity contribution in [3.63, 3.8) is 0 Å². The highest BCUT2D eigenvalue weighted by molar-refractivity contribution is 5.58. The SMILES string of the molecule is F/C(=C\C1CCCCC1)c1ccc(F)cc1. The molecule has 1 aliphatic carbocycles. The topological polar surface area (TPSA) is 0 Å². The summed E-state index contributed by atoms with van der Waals surface area (Å²) in [6.07, 6.45) is 7.51. The van der Waals surface area contributed by atoms with E-state index in [1.54, 1.807) is 6.08 Å². The van der Waals surface area contributed by atoms with E-state index in [1.807, 2.05) is 0 Å². The van der Waals surface area contributed by atoms with Gasteiger partial charge in [-0.15, -0.1) is 0 Å². The van der Waals surface area contributed by atoms with Gasteiger partial charge in [-0.1, -0.05) is 19.3 Å². The van der Waals surface area contributed by atoms with Crippen LogP contribution in [0.15, 0.2) is 30.3 Å². The van der Waals surface area contributed by atoms with Crippen molar-refractivity contribution >= 4 is 5.83 Å². The van der Waals surface area contributed by atoms with E-state index in [4.69, 9.17) is 0 Å². The lowest BCUT2D eigenvalue weighted by Gasteiger charge is -2.18. The lowest BCUT2D eigenvalue weighted by molar-refractivity contribution is 0.417. The fourth-order valence-electron chi connectivity index (χ4n) is 2.21. The summed E-state index contributed by atoms with van der Waals surface area (Å²) in [6.45, 7) is 0. The van der Waals surface area contributed by atoms with Crippen molar-refractivity contribution < 1.29 is 8.78 Å². The first-order chi connectivity index (χ1) is 7.75. The molecular weight excluding hydrogens is 206 g/mol. The van der Waals surface area contributed by atoms with Crippen molar-refractivity contribution in [2.24, 2.45) is 5.92 Å². The van der Waals surface area contributed by atoms with Crippen LogP contribution in [0.1, 0.15) is 37.7 Å². The first-order valence-electron chi connectivity index (χ1n) is 5.89. The van der Waals surface area contributed by atoms with E-state index in [2.05, 4.69) is 0 Å². The first kappa shape index (κ1) is 11.3. The van der Waals surface area contributed by atoms with Gasteiger partial charge in [-0.25, -0.2) is 8.78 Å². The van der Waals surface area contributed by atoms with Crippen molar-refractivity contribution in [3.05, 3.63) is 41.7 Å². The van der Waals surface area contributed by atoms with Crippen molar-refractivity contribution in [1.29, 1.82) is 0 Å². The van der Waals surface area contributed by atoms with E-state index in [0.29, 0.717) is 11.5 Å². The second-order valence-corrected chi connectivity index (χ2v) is 4.42. The number of benzene rings is 1. The van der Waals surface area contributed by atoms with Crippen molar-refractivity contribution in [1.82, 2.24) is 0 Å². The summed E-state index contributed by atoms with van der Waals surface area (Å²) in [5.41, 5.74) is 0.479. The molecule has 86 valence electrons. The molecule has 0 nitrogen and oxygen atoms in total. The molecule has 0 saturated heterocycles. The standard InChI is InChI=1S/C14H16F2/c15-13-8-6-12(7-9-13)14(16)10-11-4-2-1-3-5-11/h6-11H,1-5H2/b14-10-. The lowest BCUT2D eigenvalue weighted by atomic mass is 9.88. The average molecular weight is 222 g/mol. The van der Waals surface area contributed by atoms with Crippen LogP contribution < -0.4 is 0 Å². The number of hydrogen-bond donors (Lipinski definition) is 0. The Hall–Kier alpha value is -1.18. The summed E-state index contributed by atoms with van der Waals surface area (Å²) in [5.74, 6) is -0.181. The summed E-state index contributed by atoms with van der Waals surface area (Å²) < 4.78 is 26.5. The molecule has 1 aliphatic rings. The molecule has 0 atom stereocenters. The predicted molar refractivity (Wildman–Crippen MR) is 62.1 cm³/mol. The summed E-state index contributed by atoms with van der Waals surface area (Å²) in [6, 6.07) is 5.57. The number of allylic oxidation sites excluding steroid dienone is 1. The summed E-state index contributed by atoms with van der Waals surface area (Å²) in [7, 11) is 0. The van der Waals surface area contributed by atoms with E-state index in [0.717, 1.165) is 12.8 Å². The predicted octanol–water partition coefficient (Wildman–Crippen LogP) is 4.72. The second-order valence-electron chi connectivity index (χ2n) is 4.42. The zero-order valence-electron chi connectivity index (χ0n) is 9.26. The number of halogens is 2. The quantitative estimate of drug-likeness (QED) is 0.679. The molecule has 1 fully saturated rings. The molecule has 0 amide bonds. The second kappa shape index (κ2) is 5.24. The lowest BCUT2D eigenvalue weighted by Crippen LogP contribution is -2.03. The molecule has 0 heterocycles. The highest BCUT2D eigenvalue weighted by Gasteiger charge is 2.12. The summed E-state index contributed by atoms with van der Waals surface area (Å²) >= 11 is 0. The van der Waals surface area contributed by atoms with Gasteiger partial charge in [0.1, 0.15) is 11.6 Å². The Morgan fingerprint density at radius 2 is 1.69 bits per heavy atom. The van der Waals surface area contributed by atoms with Crippen LogP contribution in [0, 0.1) is 11.7 Å². The Balaban J connectivity index is 2.07. The minimum Gasteiger partial charge on any atom is -0.207 e. The zero-order valence-corrected chi connectivity index (χ0v) is 9.26. The van der Waals surface area contributed by atoms with Gasteiger partial charge in [0.05, 0.1) is 0 Å². The smallest absolute Gasteiger partial charge is 0.126 e. The van der Waals surface area contributed by atoms with E-state index in [9.17, 15) is 8.78 Å². The van der Waals surface area contributed by atoms with Gasteiger partial charge in [-0.2, -0.15) is 0 Å². The molecule has 1 saturated carbocycles. The molecule has 2 rings (SSSR count). The molecule has 1 aromatic rings. The molecule has 0 N–H and O–H groups in total. The fraction of sp³-hybridized carbons (Fsp3) is 0.429. The van der Waals surface area contributed by atoms with Crippen LogP contribution in [0.5, 0.6) is 0 Å². The molecule has 0 aliphatic heterocycles. The van der Waals surface area contributed by atoms with Crippen molar-refractivity contribution in [2.45, 2.75) is 32.1 Å². The van der Waals surface area contributed by atoms with Crippen LogP contribution in [0.25, 0.3) is 5.83 Å². The van der Waals surface area contributed by atoms with Gasteiger partial charge in [0, 0.05) is 5.56 Å². The van der Waals surface area contributed by atoms with E-state index in [-0.39, 0.29) is 11.6 Å². The number of rotatable bonds is 2. The van der Waals surface area contributed by atoms with E-state index >= 15 is 0 Å². The van der Waals surface area contributed by atoms with Gasteiger partial charge in [0.15, 0.2) is 0 Å². The van der Waals surface area contributed by atoms with E-state index in [1.165, 1.54) is 43.5 Å². The fourth-order valence-corrected chi connectivity index (χ4v) is 2.21. The van der Waals surface area contributed by atoms with Gasteiger partial charge in [-0.05, 0) is 49.1 Å². The monoisotopic (exact) mass is 222 g/mol. The van der Waals surface area contributed by atoms with E-state index < -0.39 is 0 Å². The van der Waals surface area contributed by atoms with Gasteiger partial charge in [0.2, 0.25) is 0 Å². The Morgan fingerprint density at radius 3 is 2.31 bits per heavy atom. The van der Waals surface area contributed by atoms with Crippen LogP contribution in [-0.4, -0.2) is 0 Å². The van der Waals surface area contributed by atoms with Gasteiger partial charge in [-0.3, -0.25) is 0 Å². The first-order valence-corrected chi connectivity index (χ1v) is 5.89. The van der Waals surface area contributed by atoms with Crippen molar-refractivity contribution in [3.8, 4) is 0 Å². The average Bonchev–Trinajstić information content (AvgIpc) is 2.31. The maximum atomic E-state index is 13.8. The number of hydrogen-bond acceptors (Lipinski definition) is 0. The molecule has 16 heavy (non-hydrogen) atoms. The molecule has 0 radical (unpaired) electrons. The van der Waals surface area contributed by atoms with Crippen LogP contribution in [0.2, 0.25) is 0 Å². The Bertz CT molecular complexity index is 359. The summed E-state index contributed by atoms with van der Waals surface area (Å²) in [5, 5.41) is 0. The van der Waals surface area contributed by atoms with Crippen molar-refractivity contribution in [2.75, 3.05) is 0 Å². The third-order valence-electron chi connectivity index (χ3n) is 3.15. The summed E-state index contributed by atoms with van der Waals surface area (Å²) in [4.78, 5) is 0. The third kappa shape index (κ3) is 2.91. The molecule has 2 heteroatoms. The van der Waals surface area contributed by atoms with Gasteiger partial charge >= 0.3 is 0 Å². The normalized spacial score (nSPS) is 18.8. The zero-order chi connectivity index (χ0) is 11.4. The van der Waals surface area contributed by atoms with Crippen LogP contribution in [0.3, 0.4) is 0 Å². The largest absolute Gasteiger partial charge is 0.207 e. The van der Waals surface area contributed by atoms with Crippen LogP contribution >= 0.6 is 0 Å². The van der Waals surface area contributed by atoms with Gasteiger partial charge < -0.3 is 0 Å². The molecular formula is C14H16F2. The highest BCUT2D eigenvalue weighted by Crippen LogP contribution is 2.28. The van der Waals surface area contributed by atoms with Crippen LogP contribution in [-0.2, 0) is 0 Å². The Kier molecular flexibility index (Phi) is 3.70. The maximum Gasteiger partial charge on any atom is 0.126 e. The molecule has 0 spiro atoms. The maximum absolute atomic E-state index is 13.8. The molecule has 0 bridgehead atoms. The Morgan fingerprint density at radius 1 is 1.06 bits per heavy atom. The van der Waals surface area contributed by atoms with Crippen LogP contribution in [0.4, 0.5) is 8.78 Å². The minimum absolute atomic E-state index is 0.216. The molecule has 0 aromatic heterocycles. The highest BCUT2D eigenvalue weighted by atomic mass is 19.1. The molecule has 0 unspecified atom stereocenters. The van der Waals surface area contributed by atoms with Gasteiger partial charge in [0.25, 0.3) is 0 Å².